The number of alkyl halides is 7. The van der Waals surface area contributed by atoms with Crippen LogP contribution in [0.1, 0.15) is 27.0 Å². The van der Waals surface area contributed by atoms with Gasteiger partial charge in [0.25, 0.3) is 5.91 Å². The lowest BCUT2D eigenvalue weighted by molar-refractivity contribution is -0.348. The fraction of sp³-hybridized carbons (Fsp3) is 0.318. The minimum Gasteiger partial charge on any atom is -0.341 e. The van der Waals surface area contributed by atoms with E-state index in [4.69, 9.17) is 0 Å². The average molecular weight is 507 g/mol. The smallest absolute Gasteiger partial charge is 0.341 e. The molecule has 0 fully saturated rings. The van der Waals surface area contributed by atoms with Crippen LogP contribution in [0.15, 0.2) is 36.4 Å². The second kappa shape index (κ2) is 9.55. The molecule has 2 aromatic rings. The Morgan fingerprint density at radius 1 is 0.800 bits per heavy atom. The number of amides is 3. The Bertz CT molecular complexity index is 1120. The summed E-state index contributed by atoms with van der Waals surface area (Å²) >= 11 is 0. The lowest BCUT2D eigenvalue weighted by Crippen LogP contribution is -2.50. The van der Waals surface area contributed by atoms with Gasteiger partial charge in [0.1, 0.15) is 0 Å². The Morgan fingerprint density at radius 2 is 1.31 bits per heavy atom. The largest absolute Gasteiger partial charge is 0.435 e. The summed E-state index contributed by atoms with van der Waals surface area (Å²) in [6, 6.07) is 6.02. The molecule has 0 aliphatic carbocycles. The lowest BCUT2D eigenvalue weighted by Gasteiger charge is -2.31. The molecule has 3 amide bonds. The molecule has 2 N–H and O–H groups in total. The summed E-state index contributed by atoms with van der Waals surface area (Å²) < 4.78 is 92.9. The monoisotopic (exact) mass is 507 g/mol. The van der Waals surface area contributed by atoms with Gasteiger partial charge in [-0.1, -0.05) is 18.2 Å². The number of rotatable bonds is 4. The first-order valence-corrected chi connectivity index (χ1v) is 9.78. The molecular weight excluding hydrogens is 487 g/mol. The van der Waals surface area contributed by atoms with Crippen molar-refractivity contribution in [2.24, 2.45) is 0 Å². The van der Waals surface area contributed by atoms with Crippen molar-refractivity contribution in [1.29, 1.82) is 0 Å². The normalized spacial score (nSPS) is 12.2. The van der Waals surface area contributed by atoms with Crippen molar-refractivity contribution in [1.82, 2.24) is 4.90 Å². The summed E-state index contributed by atoms with van der Waals surface area (Å²) in [6.07, 6.45) is -12.5. The molecular formula is C22H20F7N3O3. The van der Waals surface area contributed by atoms with Gasteiger partial charge in [0.05, 0.1) is 0 Å². The first-order chi connectivity index (χ1) is 15.9. The van der Waals surface area contributed by atoms with Gasteiger partial charge < -0.3 is 15.5 Å². The van der Waals surface area contributed by atoms with E-state index in [1.54, 1.807) is 0 Å². The fourth-order valence-corrected chi connectivity index (χ4v) is 3.16. The molecule has 6 nitrogen and oxygen atoms in total. The van der Waals surface area contributed by atoms with Gasteiger partial charge in [-0.3, -0.25) is 14.4 Å². The van der Waals surface area contributed by atoms with Crippen molar-refractivity contribution < 1.29 is 45.1 Å². The maximum absolute atomic E-state index is 14.4. The number of hydrogen-bond acceptors (Lipinski definition) is 3. The van der Waals surface area contributed by atoms with E-state index in [1.165, 1.54) is 38.4 Å². The Morgan fingerprint density at radius 3 is 1.77 bits per heavy atom. The summed E-state index contributed by atoms with van der Waals surface area (Å²) in [4.78, 5) is 37.2. The summed E-state index contributed by atoms with van der Waals surface area (Å²) in [5.74, 6) is -2.65. The molecule has 0 saturated carbocycles. The van der Waals surface area contributed by atoms with Gasteiger partial charge >= 0.3 is 29.8 Å². The predicted octanol–water partition coefficient (Wildman–Crippen LogP) is 4.87. The molecule has 13 heteroatoms. The first-order valence-electron chi connectivity index (χ1n) is 9.78. The molecule has 0 aromatic heterocycles. The van der Waals surface area contributed by atoms with E-state index >= 15 is 0 Å². The molecule has 0 bridgehead atoms. The van der Waals surface area contributed by atoms with Gasteiger partial charge in [-0.2, -0.15) is 26.3 Å². The van der Waals surface area contributed by atoms with Crippen LogP contribution in [0.5, 0.6) is 0 Å². The minimum atomic E-state index is -6.27. The Kier molecular flexibility index (Phi) is 7.53. The molecule has 190 valence electrons. The van der Waals surface area contributed by atoms with Gasteiger partial charge in [0.2, 0.25) is 0 Å². The van der Waals surface area contributed by atoms with Crippen LogP contribution in [0.25, 0.3) is 0 Å². The fourth-order valence-electron chi connectivity index (χ4n) is 3.16. The van der Waals surface area contributed by atoms with Gasteiger partial charge in [0.15, 0.2) is 0 Å². The molecule has 0 aliphatic heterocycles. The lowest BCUT2D eigenvalue weighted by atomic mass is 9.90. The number of aryl methyl sites for hydroxylation is 2. The van der Waals surface area contributed by atoms with Crippen molar-refractivity contribution in [3.05, 3.63) is 58.7 Å². The summed E-state index contributed by atoms with van der Waals surface area (Å²) in [6.45, 7) is 2.23. The Hall–Kier alpha value is -3.64. The number of anilines is 2. The van der Waals surface area contributed by atoms with Gasteiger partial charge in [0, 0.05) is 36.6 Å². The molecule has 0 aliphatic rings. The average Bonchev–Trinajstić information content (AvgIpc) is 2.73. The predicted molar refractivity (Wildman–Crippen MR) is 113 cm³/mol. The van der Waals surface area contributed by atoms with Crippen molar-refractivity contribution in [3.63, 3.8) is 0 Å². The third-order valence-corrected chi connectivity index (χ3v) is 4.93. The summed E-state index contributed by atoms with van der Waals surface area (Å²) in [7, 11) is 2.72. The van der Waals surface area contributed by atoms with Crippen LogP contribution >= 0.6 is 0 Å². The zero-order valence-electron chi connectivity index (χ0n) is 18.8. The SMILES string of the molecule is Cc1cc(C(F)(C(F)(F)F)C(F)(F)F)cc(C)c1NC(=O)c1cccc(NC(=O)C(=O)N(C)C)c1. The van der Waals surface area contributed by atoms with Gasteiger partial charge in [-0.25, -0.2) is 4.39 Å². The van der Waals surface area contributed by atoms with Crippen molar-refractivity contribution in [2.45, 2.75) is 31.9 Å². The quantitative estimate of drug-likeness (QED) is 0.458. The number of benzene rings is 2. The van der Waals surface area contributed by atoms with E-state index < -0.39 is 41.3 Å². The van der Waals surface area contributed by atoms with Crippen LogP contribution < -0.4 is 10.6 Å². The van der Waals surface area contributed by atoms with E-state index in [-0.39, 0.29) is 28.1 Å². The van der Waals surface area contributed by atoms with Gasteiger partial charge in [-0.05, 0) is 43.2 Å². The number of likely N-dealkylation sites (N-methyl/N-ethyl adjacent to an activating group) is 1. The molecule has 0 heterocycles. The highest BCUT2D eigenvalue weighted by atomic mass is 19.4. The molecule has 0 atom stereocenters. The standard InChI is InChI=1S/C22H20F7N3O3/c1-11-8-14(20(23,21(24,25)26)22(27,28)29)9-12(2)16(11)31-17(33)13-6-5-7-15(10-13)30-18(34)19(35)32(3)4/h5-10H,1-4H3,(H,30,34)(H,31,33). The third kappa shape index (κ3) is 5.54. The van der Waals surface area contributed by atoms with Crippen LogP contribution in [0.4, 0.5) is 42.1 Å². The van der Waals surface area contributed by atoms with Crippen LogP contribution in [0.3, 0.4) is 0 Å². The molecule has 0 unspecified atom stereocenters. The summed E-state index contributed by atoms with van der Waals surface area (Å²) in [5, 5.41) is 4.65. The number of carbonyl (C=O) groups is 3. The van der Waals surface area contributed by atoms with Crippen LogP contribution in [0.2, 0.25) is 0 Å². The number of carbonyl (C=O) groups excluding carboxylic acids is 3. The van der Waals surface area contributed by atoms with Crippen LogP contribution in [-0.4, -0.2) is 49.1 Å². The number of nitrogens with one attached hydrogen (secondary N) is 2. The second-order valence-corrected chi connectivity index (χ2v) is 7.83. The van der Waals surface area contributed by atoms with Crippen LogP contribution in [-0.2, 0) is 15.3 Å². The summed E-state index contributed by atoms with van der Waals surface area (Å²) in [5.41, 5.74) is -7.85. The maximum atomic E-state index is 14.4. The van der Waals surface area contributed by atoms with E-state index in [1.807, 2.05) is 0 Å². The molecule has 35 heavy (non-hydrogen) atoms. The van der Waals surface area contributed by atoms with E-state index in [9.17, 15) is 45.1 Å². The maximum Gasteiger partial charge on any atom is 0.435 e. The second-order valence-electron chi connectivity index (χ2n) is 7.83. The zero-order valence-corrected chi connectivity index (χ0v) is 18.8. The Labute approximate surface area is 195 Å². The van der Waals surface area contributed by atoms with Gasteiger partial charge in [-0.15, -0.1) is 0 Å². The number of nitrogens with zero attached hydrogens (tertiary/aromatic N) is 1. The number of halogens is 7. The van der Waals surface area contributed by atoms with E-state index in [2.05, 4.69) is 10.6 Å². The van der Waals surface area contributed by atoms with Crippen molar-refractivity contribution in [2.75, 3.05) is 24.7 Å². The topological polar surface area (TPSA) is 78.5 Å². The highest BCUT2D eigenvalue weighted by Crippen LogP contribution is 2.53. The van der Waals surface area contributed by atoms with E-state index in [0.717, 1.165) is 18.7 Å². The molecule has 0 radical (unpaired) electrons. The van der Waals surface area contributed by atoms with Crippen molar-refractivity contribution >= 4 is 29.1 Å². The molecule has 2 aromatic carbocycles. The molecule has 2 rings (SSSR count). The zero-order chi connectivity index (χ0) is 26.9. The minimum absolute atomic E-state index is 0.0478. The highest BCUT2D eigenvalue weighted by Gasteiger charge is 2.73. The van der Waals surface area contributed by atoms with Crippen LogP contribution in [0, 0.1) is 13.8 Å². The molecule has 0 saturated heterocycles. The van der Waals surface area contributed by atoms with Crippen molar-refractivity contribution in [3.8, 4) is 0 Å². The number of hydrogen-bond donors (Lipinski definition) is 2. The third-order valence-electron chi connectivity index (χ3n) is 4.93. The highest BCUT2D eigenvalue weighted by molar-refractivity contribution is 6.39. The Balaban J connectivity index is 2.36. The molecule has 0 spiro atoms. The first kappa shape index (κ1) is 27.6. The van der Waals surface area contributed by atoms with E-state index in [0.29, 0.717) is 12.1 Å².